The van der Waals surface area contributed by atoms with E-state index in [1.54, 1.807) is 38.1 Å². The van der Waals surface area contributed by atoms with Gasteiger partial charge in [-0.15, -0.1) is 0 Å². The third-order valence-corrected chi connectivity index (χ3v) is 3.92. The van der Waals surface area contributed by atoms with E-state index in [9.17, 15) is 14.4 Å². The summed E-state index contributed by atoms with van der Waals surface area (Å²) in [6.07, 6.45) is 0. The minimum atomic E-state index is -0.803. The molecule has 2 N–H and O–H groups in total. The van der Waals surface area contributed by atoms with Crippen LogP contribution in [0.2, 0.25) is 0 Å². The van der Waals surface area contributed by atoms with Gasteiger partial charge in [0.1, 0.15) is 5.58 Å². The number of rotatable bonds is 4. The van der Waals surface area contributed by atoms with Crippen molar-refractivity contribution in [2.45, 2.75) is 13.8 Å². The minimum absolute atomic E-state index is 0.0276. The van der Waals surface area contributed by atoms with Crippen molar-refractivity contribution < 1.29 is 23.5 Å². The molecule has 0 spiro atoms. The minimum Gasteiger partial charge on any atom is -0.462 e. The number of esters is 2. The average molecular weight is 355 g/mol. The van der Waals surface area contributed by atoms with Gasteiger partial charge in [0, 0.05) is 10.8 Å². The number of nitrogen functional groups attached to an aromatic ring is 1. The van der Waals surface area contributed by atoms with Gasteiger partial charge in [0.2, 0.25) is 0 Å². The van der Waals surface area contributed by atoms with Gasteiger partial charge in [-0.25, -0.2) is 14.4 Å². The highest BCUT2D eigenvalue weighted by Gasteiger charge is 2.26. The maximum atomic E-state index is 12.4. The number of ether oxygens (including phenoxy) is 2. The van der Waals surface area contributed by atoms with Crippen molar-refractivity contribution in [3.63, 3.8) is 0 Å². The van der Waals surface area contributed by atoms with Crippen LogP contribution in [0.5, 0.6) is 0 Å². The number of anilines is 1. The number of para-hydroxylation sites is 1. The molecular weight excluding hydrogens is 338 g/mol. The van der Waals surface area contributed by atoms with Crippen LogP contribution in [0.1, 0.15) is 34.6 Å². The highest BCUT2D eigenvalue weighted by Crippen LogP contribution is 2.32. The molecule has 0 aliphatic rings. The SMILES string of the molecule is CCOC(=O)c1cc2c(c(N)c1C(=O)OCC)c(=O)oc1ccccc12. The maximum Gasteiger partial charge on any atom is 0.346 e. The van der Waals surface area contributed by atoms with Crippen molar-refractivity contribution in [2.75, 3.05) is 18.9 Å². The number of hydrogen-bond acceptors (Lipinski definition) is 7. The van der Waals surface area contributed by atoms with Gasteiger partial charge < -0.3 is 19.6 Å². The fraction of sp³-hybridized carbons (Fsp3) is 0.211. The van der Waals surface area contributed by atoms with E-state index in [0.29, 0.717) is 16.4 Å². The molecule has 134 valence electrons. The van der Waals surface area contributed by atoms with Gasteiger partial charge in [-0.2, -0.15) is 0 Å². The van der Waals surface area contributed by atoms with Crippen LogP contribution in [0.15, 0.2) is 39.5 Å². The Hall–Kier alpha value is -3.35. The van der Waals surface area contributed by atoms with Crippen LogP contribution >= 0.6 is 0 Å². The maximum absolute atomic E-state index is 12.4. The molecule has 7 heteroatoms. The van der Waals surface area contributed by atoms with Gasteiger partial charge in [0.05, 0.1) is 35.4 Å². The van der Waals surface area contributed by atoms with Crippen molar-refractivity contribution in [1.29, 1.82) is 0 Å². The Morgan fingerprint density at radius 1 is 1.04 bits per heavy atom. The van der Waals surface area contributed by atoms with Gasteiger partial charge in [-0.1, -0.05) is 18.2 Å². The molecule has 1 heterocycles. The van der Waals surface area contributed by atoms with E-state index in [0.717, 1.165) is 0 Å². The molecule has 0 saturated carbocycles. The molecule has 0 fully saturated rings. The Balaban J connectivity index is 2.47. The molecule has 0 aliphatic carbocycles. The lowest BCUT2D eigenvalue weighted by atomic mass is 9.97. The molecule has 2 aromatic carbocycles. The van der Waals surface area contributed by atoms with E-state index in [1.165, 1.54) is 6.07 Å². The van der Waals surface area contributed by atoms with Crippen LogP contribution in [0, 0.1) is 0 Å². The quantitative estimate of drug-likeness (QED) is 0.332. The lowest BCUT2D eigenvalue weighted by molar-refractivity contribution is 0.0480. The second-order valence-electron chi connectivity index (χ2n) is 5.46. The predicted octanol–water partition coefficient (Wildman–Crippen LogP) is 2.88. The second-order valence-corrected chi connectivity index (χ2v) is 5.46. The summed E-state index contributed by atoms with van der Waals surface area (Å²) in [5, 5.41) is 1.03. The third kappa shape index (κ3) is 2.77. The summed E-state index contributed by atoms with van der Waals surface area (Å²) in [7, 11) is 0. The molecule has 0 radical (unpaired) electrons. The van der Waals surface area contributed by atoms with Crippen LogP contribution < -0.4 is 11.4 Å². The molecule has 26 heavy (non-hydrogen) atoms. The molecule has 7 nitrogen and oxygen atoms in total. The molecule has 0 unspecified atom stereocenters. The normalized spacial score (nSPS) is 10.8. The van der Waals surface area contributed by atoms with Gasteiger partial charge in [-0.3, -0.25) is 0 Å². The lowest BCUT2D eigenvalue weighted by Gasteiger charge is -2.14. The number of fused-ring (bicyclic) bond motifs is 3. The zero-order valence-electron chi connectivity index (χ0n) is 14.3. The third-order valence-electron chi connectivity index (χ3n) is 3.92. The van der Waals surface area contributed by atoms with E-state index < -0.39 is 17.6 Å². The zero-order valence-corrected chi connectivity index (χ0v) is 14.3. The Morgan fingerprint density at radius 2 is 1.69 bits per heavy atom. The molecule has 0 aliphatic heterocycles. The Morgan fingerprint density at radius 3 is 2.38 bits per heavy atom. The fourth-order valence-corrected chi connectivity index (χ4v) is 2.86. The van der Waals surface area contributed by atoms with Crippen LogP contribution in [0.4, 0.5) is 5.69 Å². The van der Waals surface area contributed by atoms with Crippen molar-refractivity contribution in [2.24, 2.45) is 0 Å². The molecule has 3 aromatic rings. The zero-order chi connectivity index (χ0) is 18.8. The molecule has 3 rings (SSSR count). The molecular formula is C19H17NO6. The molecule has 0 saturated heterocycles. The van der Waals surface area contributed by atoms with Gasteiger partial charge in [0.25, 0.3) is 0 Å². The van der Waals surface area contributed by atoms with Gasteiger partial charge in [0.15, 0.2) is 0 Å². The topological polar surface area (TPSA) is 109 Å². The summed E-state index contributed by atoms with van der Waals surface area (Å²) in [4.78, 5) is 37.2. The Bertz CT molecular complexity index is 1080. The molecule has 0 amide bonds. The smallest absolute Gasteiger partial charge is 0.346 e. The standard InChI is InChI=1S/C19H17NO6/c1-3-24-17(21)12-9-11-10-7-5-6-8-13(10)26-19(23)14(11)16(20)15(12)18(22)25-4-2/h5-9H,3-4,20H2,1-2H3. The van der Waals surface area contributed by atoms with E-state index >= 15 is 0 Å². The highest BCUT2D eigenvalue weighted by atomic mass is 16.5. The number of hydrogen-bond donors (Lipinski definition) is 1. The number of nitrogens with two attached hydrogens (primary N) is 1. The first kappa shape index (κ1) is 17.5. The molecule has 0 atom stereocenters. The average Bonchev–Trinajstić information content (AvgIpc) is 2.61. The fourth-order valence-electron chi connectivity index (χ4n) is 2.86. The summed E-state index contributed by atoms with van der Waals surface area (Å²) in [6.45, 7) is 3.49. The Kier molecular flexibility index (Phi) is 4.62. The van der Waals surface area contributed by atoms with Crippen molar-refractivity contribution in [3.8, 4) is 0 Å². The molecule has 1 aromatic heterocycles. The van der Waals surface area contributed by atoms with E-state index in [4.69, 9.17) is 19.6 Å². The summed E-state index contributed by atoms with van der Waals surface area (Å²) in [5.41, 5.74) is 5.35. The monoisotopic (exact) mass is 355 g/mol. The van der Waals surface area contributed by atoms with Crippen molar-refractivity contribution >= 4 is 39.4 Å². The van der Waals surface area contributed by atoms with Crippen LogP contribution in [0.3, 0.4) is 0 Å². The first-order valence-corrected chi connectivity index (χ1v) is 8.11. The number of carbonyl (C=O) groups is 2. The first-order chi connectivity index (χ1) is 12.5. The first-order valence-electron chi connectivity index (χ1n) is 8.11. The van der Waals surface area contributed by atoms with E-state index in [1.807, 2.05) is 0 Å². The van der Waals surface area contributed by atoms with Gasteiger partial charge >= 0.3 is 17.6 Å². The summed E-state index contributed by atoms with van der Waals surface area (Å²) in [5.74, 6) is -1.52. The van der Waals surface area contributed by atoms with E-state index in [2.05, 4.69) is 0 Å². The second kappa shape index (κ2) is 6.87. The van der Waals surface area contributed by atoms with Crippen LogP contribution in [-0.4, -0.2) is 25.2 Å². The lowest BCUT2D eigenvalue weighted by Crippen LogP contribution is -2.18. The summed E-state index contributed by atoms with van der Waals surface area (Å²) >= 11 is 0. The largest absolute Gasteiger partial charge is 0.462 e. The van der Waals surface area contributed by atoms with Crippen LogP contribution in [0.25, 0.3) is 21.7 Å². The summed E-state index contributed by atoms with van der Waals surface area (Å²) in [6, 6.07) is 8.28. The predicted molar refractivity (Wildman–Crippen MR) is 96.3 cm³/mol. The molecule has 0 bridgehead atoms. The number of carbonyl (C=O) groups excluding carboxylic acids is 2. The van der Waals surface area contributed by atoms with Crippen molar-refractivity contribution in [3.05, 3.63) is 51.9 Å². The van der Waals surface area contributed by atoms with Gasteiger partial charge in [-0.05, 0) is 26.0 Å². The highest BCUT2D eigenvalue weighted by molar-refractivity contribution is 6.18. The van der Waals surface area contributed by atoms with Crippen molar-refractivity contribution in [1.82, 2.24) is 0 Å². The summed E-state index contributed by atoms with van der Waals surface area (Å²) < 4.78 is 15.3. The van der Waals surface area contributed by atoms with E-state index in [-0.39, 0.29) is 35.4 Å². The Labute approximate surface area is 148 Å². The number of benzene rings is 2. The van der Waals surface area contributed by atoms with Crippen LogP contribution in [-0.2, 0) is 9.47 Å².